The lowest BCUT2D eigenvalue weighted by atomic mass is 9.99. The number of carbonyl (C=O) groups is 1. The van der Waals surface area contributed by atoms with E-state index in [9.17, 15) is 4.79 Å². The number of ether oxygens (including phenoxy) is 1. The van der Waals surface area contributed by atoms with Crippen molar-refractivity contribution >= 4 is 11.9 Å². The summed E-state index contributed by atoms with van der Waals surface area (Å²) in [5, 5.41) is 6.30. The van der Waals surface area contributed by atoms with Crippen molar-refractivity contribution in [3.8, 4) is 5.75 Å². The molecule has 1 aliphatic rings. The number of benzene rings is 2. The van der Waals surface area contributed by atoms with E-state index in [1.54, 1.807) is 31.4 Å². The molecule has 0 bridgehead atoms. The van der Waals surface area contributed by atoms with E-state index >= 15 is 0 Å². The zero-order chi connectivity index (χ0) is 20.5. The fourth-order valence-corrected chi connectivity index (χ4v) is 3.55. The first-order valence-corrected chi connectivity index (χ1v) is 10.2. The summed E-state index contributed by atoms with van der Waals surface area (Å²) in [5.41, 5.74) is 2.00. The molecule has 1 amide bonds. The molecule has 0 spiro atoms. The molecular weight excluding hydrogens is 364 g/mol. The molecule has 6 nitrogen and oxygen atoms in total. The smallest absolute Gasteiger partial charge is 0.251 e. The van der Waals surface area contributed by atoms with Gasteiger partial charge in [-0.25, -0.2) is 0 Å². The van der Waals surface area contributed by atoms with Gasteiger partial charge in [-0.05, 0) is 43.2 Å². The number of aliphatic imine (C=N–C) groups is 1. The number of likely N-dealkylation sites (tertiary alicyclic amines) is 1. The van der Waals surface area contributed by atoms with Gasteiger partial charge in [0.15, 0.2) is 5.96 Å². The van der Waals surface area contributed by atoms with Crippen molar-refractivity contribution in [2.75, 3.05) is 39.8 Å². The topological polar surface area (TPSA) is 66.0 Å². The molecule has 1 fully saturated rings. The maximum absolute atomic E-state index is 12.2. The van der Waals surface area contributed by atoms with Crippen molar-refractivity contribution in [3.05, 3.63) is 65.7 Å². The molecule has 3 rings (SSSR count). The molecule has 1 saturated heterocycles. The molecule has 1 unspecified atom stereocenters. The number of rotatable bonds is 7. The van der Waals surface area contributed by atoms with E-state index < -0.39 is 0 Å². The lowest BCUT2D eigenvalue weighted by Gasteiger charge is -2.22. The average Bonchev–Trinajstić information content (AvgIpc) is 3.26. The second kappa shape index (κ2) is 10.5. The monoisotopic (exact) mass is 394 g/mol. The van der Waals surface area contributed by atoms with Gasteiger partial charge < -0.3 is 20.3 Å². The standard InChI is InChI=1S/C23H30N4O2/c1-3-24-23(27-16-13-20(17-27)18-7-5-4-6-8-18)26-15-14-25-22(28)19-9-11-21(29-2)12-10-19/h4-12,20H,3,13-17H2,1-2H3,(H,24,26)(H,25,28). The highest BCUT2D eigenvalue weighted by molar-refractivity contribution is 5.94. The van der Waals surface area contributed by atoms with E-state index in [0.29, 0.717) is 24.6 Å². The number of amides is 1. The van der Waals surface area contributed by atoms with Gasteiger partial charge in [0.2, 0.25) is 0 Å². The van der Waals surface area contributed by atoms with Crippen LogP contribution in [0.4, 0.5) is 0 Å². The fraction of sp³-hybridized carbons (Fsp3) is 0.391. The van der Waals surface area contributed by atoms with Crippen LogP contribution < -0.4 is 15.4 Å². The van der Waals surface area contributed by atoms with Crippen LogP contribution in [0.1, 0.15) is 35.2 Å². The summed E-state index contributed by atoms with van der Waals surface area (Å²) in [5.74, 6) is 2.10. The molecule has 0 aromatic heterocycles. The quantitative estimate of drug-likeness (QED) is 0.431. The predicted octanol–water partition coefficient (Wildman–Crippen LogP) is 2.88. The first-order valence-electron chi connectivity index (χ1n) is 10.2. The van der Waals surface area contributed by atoms with Crippen molar-refractivity contribution < 1.29 is 9.53 Å². The second-order valence-corrected chi connectivity index (χ2v) is 7.06. The molecule has 6 heteroatoms. The van der Waals surface area contributed by atoms with Crippen LogP contribution in [-0.2, 0) is 0 Å². The maximum atomic E-state index is 12.2. The molecule has 2 N–H and O–H groups in total. The molecule has 0 radical (unpaired) electrons. The number of nitrogens with zero attached hydrogens (tertiary/aromatic N) is 2. The van der Waals surface area contributed by atoms with E-state index in [0.717, 1.165) is 37.8 Å². The Morgan fingerprint density at radius 3 is 2.59 bits per heavy atom. The Labute approximate surface area is 173 Å². The van der Waals surface area contributed by atoms with Crippen LogP contribution in [0.25, 0.3) is 0 Å². The minimum atomic E-state index is -0.0989. The molecule has 154 valence electrons. The molecular formula is C23H30N4O2. The highest BCUT2D eigenvalue weighted by atomic mass is 16.5. The van der Waals surface area contributed by atoms with Gasteiger partial charge in [-0.15, -0.1) is 0 Å². The van der Waals surface area contributed by atoms with Gasteiger partial charge in [-0.2, -0.15) is 0 Å². The van der Waals surface area contributed by atoms with Gasteiger partial charge in [0.1, 0.15) is 5.75 Å². The Balaban J connectivity index is 1.51. The number of carbonyl (C=O) groups excluding carboxylic acids is 1. The van der Waals surface area contributed by atoms with Gasteiger partial charge in [0.25, 0.3) is 5.91 Å². The molecule has 0 saturated carbocycles. The molecule has 2 aromatic rings. The Hall–Kier alpha value is -3.02. The van der Waals surface area contributed by atoms with Crippen LogP contribution in [0.2, 0.25) is 0 Å². The fourth-order valence-electron chi connectivity index (χ4n) is 3.55. The maximum Gasteiger partial charge on any atom is 0.251 e. The van der Waals surface area contributed by atoms with Crippen molar-refractivity contribution in [3.63, 3.8) is 0 Å². The third-order valence-corrected chi connectivity index (χ3v) is 5.10. The number of nitrogens with one attached hydrogen (secondary N) is 2. The van der Waals surface area contributed by atoms with Gasteiger partial charge in [-0.1, -0.05) is 30.3 Å². The summed E-state index contributed by atoms with van der Waals surface area (Å²) in [4.78, 5) is 19.3. The minimum absolute atomic E-state index is 0.0989. The molecule has 0 aliphatic carbocycles. The summed E-state index contributed by atoms with van der Waals surface area (Å²) in [6.45, 7) is 5.89. The highest BCUT2D eigenvalue weighted by Crippen LogP contribution is 2.26. The first kappa shape index (κ1) is 20.7. The zero-order valence-electron chi connectivity index (χ0n) is 17.2. The van der Waals surface area contributed by atoms with Crippen molar-refractivity contribution in [1.82, 2.24) is 15.5 Å². The Morgan fingerprint density at radius 1 is 1.14 bits per heavy atom. The van der Waals surface area contributed by atoms with E-state index in [1.165, 1.54) is 5.56 Å². The highest BCUT2D eigenvalue weighted by Gasteiger charge is 2.25. The molecule has 1 aliphatic heterocycles. The third-order valence-electron chi connectivity index (χ3n) is 5.10. The summed E-state index contributed by atoms with van der Waals surface area (Å²) in [6, 6.07) is 17.7. The summed E-state index contributed by atoms with van der Waals surface area (Å²) in [7, 11) is 1.61. The van der Waals surface area contributed by atoms with E-state index in [-0.39, 0.29) is 5.91 Å². The Kier molecular flexibility index (Phi) is 7.50. The second-order valence-electron chi connectivity index (χ2n) is 7.06. The lowest BCUT2D eigenvalue weighted by molar-refractivity contribution is 0.0954. The number of guanidine groups is 1. The predicted molar refractivity (Wildman–Crippen MR) is 117 cm³/mol. The SMILES string of the molecule is CCNC(=NCCNC(=O)c1ccc(OC)cc1)N1CCC(c2ccccc2)C1. The van der Waals surface area contributed by atoms with E-state index in [1.807, 2.05) is 0 Å². The summed E-state index contributed by atoms with van der Waals surface area (Å²) < 4.78 is 5.12. The van der Waals surface area contributed by atoms with Gasteiger partial charge in [0.05, 0.1) is 13.7 Å². The normalized spacial score (nSPS) is 16.6. The molecule has 2 aromatic carbocycles. The van der Waals surface area contributed by atoms with Gasteiger partial charge in [0, 0.05) is 37.7 Å². The average molecular weight is 395 g/mol. The molecule has 1 atom stereocenters. The van der Waals surface area contributed by atoms with Crippen LogP contribution in [0.5, 0.6) is 5.75 Å². The lowest BCUT2D eigenvalue weighted by Crippen LogP contribution is -2.40. The largest absolute Gasteiger partial charge is 0.497 e. The minimum Gasteiger partial charge on any atom is -0.497 e. The molecule has 1 heterocycles. The number of methoxy groups -OCH3 is 1. The van der Waals surface area contributed by atoms with Gasteiger partial charge in [-0.3, -0.25) is 9.79 Å². The Morgan fingerprint density at radius 2 is 1.90 bits per heavy atom. The number of hydrogen-bond acceptors (Lipinski definition) is 3. The summed E-state index contributed by atoms with van der Waals surface area (Å²) in [6.07, 6.45) is 1.13. The van der Waals surface area contributed by atoms with Crippen LogP contribution in [0, 0.1) is 0 Å². The van der Waals surface area contributed by atoms with Crippen LogP contribution in [-0.4, -0.2) is 56.6 Å². The third kappa shape index (κ3) is 5.73. The van der Waals surface area contributed by atoms with Crippen LogP contribution in [0.3, 0.4) is 0 Å². The van der Waals surface area contributed by atoms with E-state index in [4.69, 9.17) is 9.73 Å². The zero-order valence-corrected chi connectivity index (χ0v) is 17.2. The van der Waals surface area contributed by atoms with Crippen molar-refractivity contribution in [1.29, 1.82) is 0 Å². The van der Waals surface area contributed by atoms with Crippen LogP contribution >= 0.6 is 0 Å². The van der Waals surface area contributed by atoms with Gasteiger partial charge >= 0.3 is 0 Å². The summed E-state index contributed by atoms with van der Waals surface area (Å²) >= 11 is 0. The van der Waals surface area contributed by atoms with E-state index in [2.05, 4.69) is 52.8 Å². The molecule has 29 heavy (non-hydrogen) atoms. The van der Waals surface area contributed by atoms with Crippen molar-refractivity contribution in [2.24, 2.45) is 4.99 Å². The van der Waals surface area contributed by atoms with Crippen molar-refractivity contribution in [2.45, 2.75) is 19.3 Å². The Bertz CT molecular complexity index is 805. The number of hydrogen-bond donors (Lipinski definition) is 2. The van der Waals surface area contributed by atoms with Crippen LogP contribution in [0.15, 0.2) is 59.6 Å². The first-order chi connectivity index (χ1) is 14.2.